The highest BCUT2D eigenvalue weighted by atomic mass is 32.1. The first-order valence-electron chi connectivity index (χ1n) is 4.40. The van der Waals surface area contributed by atoms with Gasteiger partial charge in [-0.2, -0.15) is 13.2 Å². The maximum absolute atomic E-state index is 12.2. The molecule has 0 radical (unpaired) electrons. The van der Waals surface area contributed by atoms with Gasteiger partial charge in [-0.25, -0.2) is 4.98 Å². The summed E-state index contributed by atoms with van der Waals surface area (Å²) in [5, 5.41) is 6.33. The lowest BCUT2D eigenvalue weighted by Crippen LogP contribution is -2.26. The summed E-state index contributed by atoms with van der Waals surface area (Å²) < 4.78 is 36.5. The quantitative estimate of drug-likeness (QED) is 0.803. The Morgan fingerprint density at radius 1 is 1.50 bits per heavy atom. The fraction of sp³-hybridized carbons (Fsp3) is 0.500. The molecule has 1 amide bonds. The van der Waals surface area contributed by atoms with Crippen LogP contribution in [0.3, 0.4) is 0 Å². The fourth-order valence-corrected chi connectivity index (χ4v) is 1.64. The molecule has 0 saturated carbocycles. The summed E-state index contributed by atoms with van der Waals surface area (Å²) in [4.78, 5) is 13.9. The van der Waals surface area contributed by atoms with Crippen molar-refractivity contribution in [2.24, 2.45) is 0 Å². The number of thiazole rings is 1. The van der Waals surface area contributed by atoms with Crippen molar-refractivity contribution >= 4 is 22.4 Å². The Bertz CT molecular complexity index is 364. The number of nitrogens with zero attached hydrogens (tertiary/aromatic N) is 1. The molecule has 0 fully saturated rings. The Labute approximate surface area is 93.9 Å². The molecule has 0 spiro atoms. The summed E-state index contributed by atoms with van der Waals surface area (Å²) in [6.45, 7) is 2.05. The Hall–Kier alpha value is -1.31. The van der Waals surface area contributed by atoms with E-state index in [1.807, 2.05) is 0 Å². The molecule has 0 aliphatic heterocycles. The number of hydrogen-bond acceptors (Lipinski definition) is 4. The number of alkyl halides is 3. The number of carbonyl (C=O) groups excluding carboxylic acids is 1. The van der Waals surface area contributed by atoms with Gasteiger partial charge >= 0.3 is 6.18 Å². The number of carbonyl (C=O) groups is 1. The predicted octanol–water partition coefficient (Wildman–Crippen LogP) is 1.71. The normalized spacial score (nSPS) is 11.2. The van der Waals surface area contributed by atoms with Gasteiger partial charge in [0.2, 0.25) is 5.91 Å². The third kappa shape index (κ3) is 4.05. The maximum atomic E-state index is 12.2. The van der Waals surface area contributed by atoms with Gasteiger partial charge in [-0.05, 0) is 0 Å². The average Bonchev–Trinajstić information content (AvgIpc) is 2.59. The second-order valence-corrected chi connectivity index (χ2v) is 3.80. The van der Waals surface area contributed by atoms with Crippen LogP contribution in [0.4, 0.5) is 18.3 Å². The van der Waals surface area contributed by atoms with Crippen molar-refractivity contribution in [3.05, 3.63) is 11.1 Å². The first-order chi connectivity index (χ1) is 7.39. The van der Waals surface area contributed by atoms with Crippen LogP contribution in [-0.4, -0.2) is 24.0 Å². The third-order valence-corrected chi connectivity index (χ3v) is 2.37. The highest BCUT2D eigenvalue weighted by Gasteiger charge is 2.33. The van der Waals surface area contributed by atoms with Gasteiger partial charge in [-0.15, -0.1) is 11.3 Å². The minimum absolute atomic E-state index is 0.183. The summed E-state index contributed by atoms with van der Waals surface area (Å²) in [6.07, 6.45) is -4.41. The van der Waals surface area contributed by atoms with Gasteiger partial charge in [0.1, 0.15) is 0 Å². The van der Waals surface area contributed by atoms with E-state index < -0.39 is 11.9 Å². The van der Waals surface area contributed by atoms with Gasteiger partial charge in [-0.3, -0.25) is 4.79 Å². The van der Waals surface area contributed by atoms with Gasteiger partial charge in [0.15, 0.2) is 10.8 Å². The molecule has 0 saturated heterocycles. The van der Waals surface area contributed by atoms with Crippen LogP contribution in [0.25, 0.3) is 0 Å². The van der Waals surface area contributed by atoms with E-state index in [-0.39, 0.29) is 11.0 Å². The van der Waals surface area contributed by atoms with Crippen LogP contribution in [0.15, 0.2) is 5.38 Å². The van der Waals surface area contributed by atoms with Crippen LogP contribution in [-0.2, 0) is 11.0 Å². The topological polar surface area (TPSA) is 54.0 Å². The van der Waals surface area contributed by atoms with Crippen molar-refractivity contribution in [3.8, 4) is 0 Å². The van der Waals surface area contributed by atoms with Crippen molar-refractivity contribution in [2.45, 2.75) is 13.1 Å². The number of aromatic nitrogens is 1. The van der Waals surface area contributed by atoms with Crippen molar-refractivity contribution < 1.29 is 18.0 Å². The second-order valence-electron chi connectivity index (χ2n) is 2.95. The molecule has 0 aliphatic rings. The average molecular weight is 253 g/mol. The number of nitrogens with one attached hydrogen (secondary N) is 2. The Morgan fingerprint density at radius 3 is 2.69 bits per heavy atom. The summed E-state index contributed by atoms with van der Waals surface area (Å²) in [7, 11) is 0. The molecule has 16 heavy (non-hydrogen) atoms. The molecule has 0 unspecified atom stereocenters. The molecule has 1 aromatic rings. The zero-order valence-corrected chi connectivity index (χ0v) is 9.21. The lowest BCUT2D eigenvalue weighted by molar-refractivity contribution is -0.140. The molecule has 0 aliphatic carbocycles. The summed E-state index contributed by atoms with van der Waals surface area (Å²) in [5.74, 6) is -0.183. The SMILES string of the molecule is CC(=O)NCCNc1nc(C(F)(F)F)cs1. The highest BCUT2D eigenvalue weighted by molar-refractivity contribution is 7.13. The summed E-state index contributed by atoms with van der Waals surface area (Å²) in [5.41, 5.74) is -0.903. The second kappa shape index (κ2) is 5.15. The number of halogens is 3. The van der Waals surface area contributed by atoms with E-state index >= 15 is 0 Å². The largest absolute Gasteiger partial charge is 0.434 e. The number of anilines is 1. The van der Waals surface area contributed by atoms with Crippen molar-refractivity contribution in [2.75, 3.05) is 18.4 Å². The first kappa shape index (κ1) is 12.8. The standard InChI is InChI=1S/C8H10F3N3OS/c1-5(15)12-2-3-13-7-14-6(4-16-7)8(9,10)11/h4H,2-3H2,1H3,(H,12,15)(H,13,14). The lowest BCUT2D eigenvalue weighted by Gasteiger charge is -2.03. The van der Waals surface area contributed by atoms with Crippen LogP contribution < -0.4 is 10.6 Å². The van der Waals surface area contributed by atoms with E-state index in [2.05, 4.69) is 15.6 Å². The van der Waals surface area contributed by atoms with Crippen molar-refractivity contribution in [1.29, 1.82) is 0 Å². The van der Waals surface area contributed by atoms with E-state index in [4.69, 9.17) is 0 Å². The zero-order valence-electron chi connectivity index (χ0n) is 8.39. The molecule has 0 atom stereocenters. The zero-order chi connectivity index (χ0) is 12.2. The Balaban J connectivity index is 2.38. The monoisotopic (exact) mass is 253 g/mol. The minimum Gasteiger partial charge on any atom is -0.360 e. The van der Waals surface area contributed by atoms with Crippen LogP contribution in [0.1, 0.15) is 12.6 Å². The third-order valence-electron chi connectivity index (χ3n) is 1.57. The molecular weight excluding hydrogens is 243 g/mol. The first-order valence-corrected chi connectivity index (χ1v) is 5.28. The number of rotatable bonds is 4. The van der Waals surface area contributed by atoms with Crippen molar-refractivity contribution in [1.82, 2.24) is 10.3 Å². The Kier molecular flexibility index (Phi) is 4.11. The van der Waals surface area contributed by atoms with Gasteiger partial charge in [0.25, 0.3) is 0 Å². The molecule has 2 N–H and O–H groups in total. The smallest absolute Gasteiger partial charge is 0.360 e. The van der Waals surface area contributed by atoms with Crippen LogP contribution >= 0.6 is 11.3 Å². The lowest BCUT2D eigenvalue weighted by atomic mass is 10.5. The predicted molar refractivity (Wildman–Crippen MR) is 54.3 cm³/mol. The Morgan fingerprint density at radius 2 is 2.19 bits per heavy atom. The number of amides is 1. The van der Waals surface area contributed by atoms with E-state index in [9.17, 15) is 18.0 Å². The van der Waals surface area contributed by atoms with Crippen LogP contribution in [0.5, 0.6) is 0 Å². The van der Waals surface area contributed by atoms with Gasteiger partial charge in [0.05, 0.1) is 0 Å². The molecule has 0 aromatic carbocycles. The highest BCUT2D eigenvalue weighted by Crippen LogP contribution is 2.31. The van der Waals surface area contributed by atoms with Gasteiger partial charge in [0, 0.05) is 25.4 Å². The van der Waals surface area contributed by atoms with Crippen LogP contribution in [0.2, 0.25) is 0 Å². The molecule has 90 valence electrons. The van der Waals surface area contributed by atoms with E-state index in [1.165, 1.54) is 6.92 Å². The van der Waals surface area contributed by atoms with E-state index in [0.29, 0.717) is 13.1 Å². The maximum Gasteiger partial charge on any atom is 0.434 e. The fourth-order valence-electron chi connectivity index (χ4n) is 0.893. The molecular formula is C8H10F3N3OS. The van der Waals surface area contributed by atoms with E-state index in [1.54, 1.807) is 0 Å². The molecule has 1 heterocycles. The molecule has 4 nitrogen and oxygen atoms in total. The number of hydrogen-bond donors (Lipinski definition) is 2. The van der Waals surface area contributed by atoms with Gasteiger partial charge < -0.3 is 10.6 Å². The van der Waals surface area contributed by atoms with Crippen LogP contribution in [0, 0.1) is 0 Å². The van der Waals surface area contributed by atoms with E-state index in [0.717, 1.165) is 16.7 Å². The molecule has 8 heteroatoms. The molecule has 1 aromatic heterocycles. The summed E-state index contributed by atoms with van der Waals surface area (Å²) in [6, 6.07) is 0. The molecule has 0 bridgehead atoms. The molecule has 1 rings (SSSR count). The summed E-state index contributed by atoms with van der Waals surface area (Å²) >= 11 is 0.880. The van der Waals surface area contributed by atoms with Gasteiger partial charge in [-0.1, -0.05) is 0 Å². The van der Waals surface area contributed by atoms with Crippen molar-refractivity contribution in [3.63, 3.8) is 0 Å². The minimum atomic E-state index is -4.41.